The fourth-order valence-electron chi connectivity index (χ4n) is 3.52. The molecule has 1 aliphatic rings. The van der Waals surface area contributed by atoms with Crippen LogP contribution in [-0.4, -0.2) is 57.6 Å². The molecular weight excluding hydrogens is 407 g/mol. The predicted octanol–water partition coefficient (Wildman–Crippen LogP) is 3.57. The zero-order valence-electron chi connectivity index (χ0n) is 16.4. The largest absolute Gasteiger partial charge is 0.335 e. The molecule has 0 atom stereocenters. The van der Waals surface area contributed by atoms with E-state index in [9.17, 15) is 14.0 Å². The minimum absolute atomic E-state index is 0.0837. The van der Waals surface area contributed by atoms with Gasteiger partial charge >= 0.3 is 0 Å². The summed E-state index contributed by atoms with van der Waals surface area (Å²) in [6, 6.07) is 15.1. The molecule has 0 spiro atoms. The molecule has 0 saturated carbocycles. The fourth-order valence-corrected chi connectivity index (χ4v) is 3.77. The summed E-state index contributed by atoms with van der Waals surface area (Å²) in [4.78, 5) is 28.9. The Morgan fingerprint density at radius 3 is 2.20 bits per heavy atom. The van der Waals surface area contributed by atoms with Crippen LogP contribution in [0.4, 0.5) is 4.39 Å². The predicted molar refractivity (Wildman–Crippen MR) is 112 cm³/mol. The third-order valence-electron chi connectivity index (χ3n) is 5.12. The van der Waals surface area contributed by atoms with Gasteiger partial charge in [-0.15, -0.1) is 0 Å². The normalized spacial score (nSPS) is 14.1. The molecule has 6 nitrogen and oxygen atoms in total. The zero-order chi connectivity index (χ0) is 21.3. The van der Waals surface area contributed by atoms with E-state index in [-0.39, 0.29) is 22.4 Å². The Labute approximate surface area is 178 Å². The van der Waals surface area contributed by atoms with Crippen molar-refractivity contribution in [2.75, 3.05) is 26.2 Å². The third kappa shape index (κ3) is 3.93. The summed E-state index contributed by atoms with van der Waals surface area (Å²) in [5.41, 5.74) is 2.39. The van der Waals surface area contributed by atoms with Gasteiger partial charge in [0.15, 0.2) is 5.69 Å². The first-order valence-electron chi connectivity index (χ1n) is 9.60. The first-order chi connectivity index (χ1) is 14.4. The number of nitrogens with zero attached hydrogens (tertiary/aromatic N) is 4. The minimum Gasteiger partial charge on any atom is -0.335 e. The van der Waals surface area contributed by atoms with Gasteiger partial charge in [0.2, 0.25) is 0 Å². The highest BCUT2D eigenvalue weighted by atomic mass is 35.5. The molecule has 2 heterocycles. The van der Waals surface area contributed by atoms with E-state index in [1.807, 2.05) is 37.3 Å². The van der Waals surface area contributed by atoms with Crippen LogP contribution < -0.4 is 0 Å². The van der Waals surface area contributed by atoms with Crippen LogP contribution in [0.15, 0.2) is 54.6 Å². The lowest BCUT2D eigenvalue weighted by Gasteiger charge is -2.34. The Kier molecular flexibility index (Phi) is 5.55. The van der Waals surface area contributed by atoms with E-state index in [4.69, 9.17) is 11.6 Å². The molecule has 1 saturated heterocycles. The van der Waals surface area contributed by atoms with Crippen LogP contribution >= 0.6 is 11.6 Å². The Morgan fingerprint density at radius 2 is 1.57 bits per heavy atom. The topological polar surface area (TPSA) is 58.4 Å². The minimum atomic E-state index is -0.489. The van der Waals surface area contributed by atoms with E-state index >= 15 is 0 Å². The second-order valence-corrected chi connectivity index (χ2v) is 7.53. The van der Waals surface area contributed by atoms with Gasteiger partial charge in [0.05, 0.1) is 16.3 Å². The molecule has 0 N–H and O–H groups in total. The van der Waals surface area contributed by atoms with E-state index < -0.39 is 5.82 Å². The number of aryl methyl sites for hydroxylation is 1. The van der Waals surface area contributed by atoms with Gasteiger partial charge in [-0.25, -0.2) is 9.07 Å². The number of benzene rings is 2. The highest BCUT2D eigenvalue weighted by Gasteiger charge is 2.28. The summed E-state index contributed by atoms with van der Waals surface area (Å²) in [7, 11) is 0. The number of halogens is 2. The van der Waals surface area contributed by atoms with Crippen molar-refractivity contribution in [3.05, 3.63) is 82.4 Å². The number of piperazine rings is 1. The van der Waals surface area contributed by atoms with Crippen molar-refractivity contribution in [2.45, 2.75) is 6.92 Å². The lowest BCUT2D eigenvalue weighted by atomic mass is 10.1. The molecule has 0 aliphatic carbocycles. The number of amides is 2. The Bertz CT molecular complexity index is 1090. The van der Waals surface area contributed by atoms with Crippen molar-refractivity contribution in [2.24, 2.45) is 0 Å². The monoisotopic (exact) mass is 426 g/mol. The van der Waals surface area contributed by atoms with Gasteiger partial charge in [-0.2, -0.15) is 5.10 Å². The molecule has 0 unspecified atom stereocenters. The van der Waals surface area contributed by atoms with Gasteiger partial charge in [0.1, 0.15) is 5.82 Å². The lowest BCUT2D eigenvalue weighted by Crippen LogP contribution is -2.50. The number of aromatic nitrogens is 2. The number of hydrogen-bond donors (Lipinski definition) is 0. The summed E-state index contributed by atoms with van der Waals surface area (Å²) in [6.45, 7) is 3.42. The molecule has 3 aromatic rings. The maximum Gasteiger partial charge on any atom is 0.274 e. The SMILES string of the molecule is Cc1cc(C(=O)N2CCN(C(=O)c3ccc(F)cc3Cl)CC2)nn1-c1ccccc1. The van der Waals surface area contributed by atoms with Gasteiger partial charge in [-0.3, -0.25) is 9.59 Å². The molecule has 0 bridgehead atoms. The molecule has 1 aromatic heterocycles. The average Bonchev–Trinajstić information content (AvgIpc) is 3.15. The van der Waals surface area contributed by atoms with Gasteiger partial charge in [0.25, 0.3) is 11.8 Å². The molecule has 8 heteroatoms. The van der Waals surface area contributed by atoms with E-state index in [0.29, 0.717) is 31.9 Å². The van der Waals surface area contributed by atoms with Crippen molar-refractivity contribution in [3.8, 4) is 5.69 Å². The maximum atomic E-state index is 13.2. The van der Waals surface area contributed by atoms with Gasteiger partial charge in [-0.05, 0) is 43.3 Å². The first kappa shape index (κ1) is 20.1. The number of rotatable bonds is 3. The zero-order valence-corrected chi connectivity index (χ0v) is 17.1. The van der Waals surface area contributed by atoms with Crippen LogP contribution in [0, 0.1) is 12.7 Å². The van der Waals surface area contributed by atoms with Crippen molar-refractivity contribution < 1.29 is 14.0 Å². The third-order valence-corrected chi connectivity index (χ3v) is 5.44. The Hall–Kier alpha value is -3.19. The summed E-state index contributed by atoms with van der Waals surface area (Å²) >= 11 is 6.01. The van der Waals surface area contributed by atoms with Crippen LogP contribution in [0.1, 0.15) is 26.5 Å². The summed E-state index contributed by atoms with van der Waals surface area (Å²) in [6.07, 6.45) is 0. The highest BCUT2D eigenvalue weighted by Crippen LogP contribution is 2.20. The van der Waals surface area contributed by atoms with Crippen LogP contribution in [-0.2, 0) is 0 Å². The molecule has 0 radical (unpaired) electrons. The van der Waals surface area contributed by atoms with Crippen LogP contribution in [0.2, 0.25) is 5.02 Å². The number of hydrogen-bond acceptors (Lipinski definition) is 3. The van der Waals surface area contributed by atoms with Crippen molar-refractivity contribution in [3.63, 3.8) is 0 Å². The lowest BCUT2D eigenvalue weighted by molar-refractivity contribution is 0.0532. The molecule has 1 fully saturated rings. The first-order valence-corrected chi connectivity index (χ1v) is 9.97. The molecule has 2 amide bonds. The van der Waals surface area contributed by atoms with Gasteiger partial charge in [-0.1, -0.05) is 29.8 Å². The van der Waals surface area contributed by atoms with E-state index in [0.717, 1.165) is 17.4 Å². The standard InChI is InChI=1S/C22H20ClFN4O2/c1-15-13-20(25-28(15)17-5-3-2-4-6-17)22(30)27-11-9-26(10-12-27)21(29)18-8-7-16(24)14-19(18)23/h2-8,13-14H,9-12H2,1H3. The smallest absolute Gasteiger partial charge is 0.274 e. The Balaban J connectivity index is 1.43. The number of carbonyl (C=O) groups excluding carboxylic acids is 2. The second-order valence-electron chi connectivity index (χ2n) is 7.13. The van der Waals surface area contributed by atoms with Crippen molar-refractivity contribution >= 4 is 23.4 Å². The highest BCUT2D eigenvalue weighted by molar-refractivity contribution is 6.33. The Morgan fingerprint density at radius 1 is 0.933 bits per heavy atom. The van der Waals surface area contributed by atoms with Crippen molar-refractivity contribution in [1.29, 1.82) is 0 Å². The van der Waals surface area contributed by atoms with E-state index in [1.54, 1.807) is 20.5 Å². The summed E-state index contributed by atoms with van der Waals surface area (Å²) < 4.78 is 15.0. The van der Waals surface area contributed by atoms with Gasteiger partial charge < -0.3 is 9.80 Å². The molecule has 2 aromatic carbocycles. The maximum absolute atomic E-state index is 13.2. The number of para-hydroxylation sites is 1. The molecule has 30 heavy (non-hydrogen) atoms. The summed E-state index contributed by atoms with van der Waals surface area (Å²) in [5, 5.41) is 4.55. The molecule has 1 aliphatic heterocycles. The van der Waals surface area contributed by atoms with Crippen LogP contribution in [0.25, 0.3) is 5.69 Å². The van der Waals surface area contributed by atoms with Gasteiger partial charge in [0, 0.05) is 31.9 Å². The van der Waals surface area contributed by atoms with Crippen LogP contribution in [0.3, 0.4) is 0 Å². The number of carbonyl (C=O) groups is 2. The average molecular weight is 427 g/mol. The van der Waals surface area contributed by atoms with Crippen LogP contribution in [0.5, 0.6) is 0 Å². The summed E-state index contributed by atoms with van der Waals surface area (Å²) in [5.74, 6) is -0.923. The quantitative estimate of drug-likeness (QED) is 0.643. The molecular formula is C22H20ClFN4O2. The van der Waals surface area contributed by atoms with E-state index in [1.165, 1.54) is 12.1 Å². The second kappa shape index (κ2) is 8.28. The molecule has 4 rings (SSSR count). The fraction of sp³-hybridized carbons (Fsp3) is 0.227. The van der Waals surface area contributed by atoms with E-state index in [2.05, 4.69) is 5.10 Å². The van der Waals surface area contributed by atoms with Crippen molar-refractivity contribution in [1.82, 2.24) is 19.6 Å². The molecule has 154 valence electrons.